The summed E-state index contributed by atoms with van der Waals surface area (Å²) in [6.45, 7) is 6.24. The topological polar surface area (TPSA) is 28.2 Å². The molecule has 3 nitrogen and oxygen atoms in total. The lowest BCUT2D eigenvalue weighted by Crippen LogP contribution is -2.18. The number of rotatable bonds is 7. The lowest BCUT2D eigenvalue weighted by atomic mass is 10.2. The minimum Gasteiger partial charge on any atom is -0.347 e. The maximum atomic E-state index is 5.91. The Bertz CT molecular complexity index is 553. The number of nitrogens with one attached hydrogen (secondary N) is 1. The Labute approximate surface area is 136 Å². The molecular formula is C16H22ClN3S. The first kappa shape index (κ1) is 16.3. The molecule has 0 aliphatic heterocycles. The highest BCUT2D eigenvalue weighted by molar-refractivity contribution is 7.15. The molecule has 1 unspecified atom stereocenters. The number of anilines is 1. The summed E-state index contributed by atoms with van der Waals surface area (Å²) in [7, 11) is 2.07. The number of benzene rings is 1. The minimum atomic E-state index is 0.361. The summed E-state index contributed by atoms with van der Waals surface area (Å²) in [4.78, 5) is 7.99. The van der Waals surface area contributed by atoms with E-state index in [1.165, 1.54) is 10.4 Å². The molecule has 1 N–H and O–H groups in total. The summed E-state index contributed by atoms with van der Waals surface area (Å²) in [6.07, 6.45) is 3.12. The minimum absolute atomic E-state index is 0.361. The quantitative estimate of drug-likeness (QED) is 0.813. The molecule has 0 saturated carbocycles. The van der Waals surface area contributed by atoms with E-state index in [-0.39, 0.29) is 0 Å². The first-order chi connectivity index (χ1) is 10.1. The molecule has 0 bridgehead atoms. The second kappa shape index (κ2) is 7.78. The van der Waals surface area contributed by atoms with Gasteiger partial charge in [0.2, 0.25) is 0 Å². The van der Waals surface area contributed by atoms with Crippen LogP contribution in [0.2, 0.25) is 5.02 Å². The van der Waals surface area contributed by atoms with E-state index in [9.17, 15) is 0 Å². The highest BCUT2D eigenvalue weighted by Gasteiger charge is 2.12. The van der Waals surface area contributed by atoms with Crippen LogP contribution in [0, 0.1) is 0 Å². The van der Waals surface area contributed by atoms with E-state index in [1.54, 1.807) is 11.3 Å². The summed E-state index contributed by atoms with van der Waals surface area (Å²) in [5.41, 5.74) is 1.23. The SMILES string of the molecule is CCCNC(C)c1cnc(N(C)Cc2ccc(Cl)cc2)s1. The second-order valence-corrected chi connectivity index (χ2v) is 6.68. The largest absolute Gasteiger partial charge is 0.347 e. The molecule has 114 valence electrons. The zero-order valence-corrected chi connectivity index (χ0v) is 14.3. The van der Waals surface area contributed by atoms with Gasteiger partial charge in [0.05, 0.1) is 0 Å². The summed E-state index contributed by atoms with van der Waals surface area (Å²) >= 11 is 7.66. The fourth-order valence-electron chi connectivity index (χ4n) is 2.05. The van der Waals surface area contributed by atoms with Crippen molar-refractivity contribution in [3.8, 4) is 0 Å². The Morgan fingerprint density at radius 1 is 1.33 bits per heavy atom. The van der Waals surface area contributed by atoms with Crippen molar-refractivity contribution in [2.75, 3.05) is 18.5 Å². The van der Waals surface area contributed by atoms with Gasteiger partial charge in [-0.05, 0) is 37.6 Å². The first-order valence-electron chi connectivity index (χ1n) is 7.25. The Kier molecular flexibility index (Phi) is 6.03. The summed E-state index contributed by atoms with van der Waals surface area (Å²) in [5, 5.41) is 5.31. The zero-order chi connectivity index (χ0) is 15.2. The molecule has 0 amide bonds. The van der Waals surface area contributed by atoms with Crippen LogP contribution in [0.3, 0.4) is 0 Å². The van der Waals surface area contributed by atoms with Crippen LogP contribution in [0.15, 0.2) is 30.5 Å². The molecule has 1 atom stereocenters. The molecule has 1 heterocycles. The number of thiazole rings is 1. The first-order valence-corrected chi connectivity index (χ1v) is 8.44. The van der Waals surface area contributed by atoms with E-state index < -0.39 is 0 Å². The third-order valence-electron chi connectivity index (χ3n) is 3.30. The van der Waals surface area contributed by atoms with E-state index in [0.717, 1.165) is 29.7 Å². The van der Waals surface area contributed by atoms with Crippen LogP contribution in [0.5, 0.6) is 0 Å². The van der Waals surface area contributed by atoms with Crippen molar-refractivity contribution in [3.63, 3.8) is 0 Å². The Morgan fingerprint density at radius 3 is 2.71 bits per heavy atom. The van der Waals surface area contributed by atoms with Gasteiger partial charge in [0.15, 0.2) is 5.13 Å². The van der Waals surface area contributed by atoms with Crippen molar-refractivity contribution < 1.29 is 0 Å². The fourth-order valence-corrected chi connectivity index (χ4v) is 3.07. The molecule has 0 aliphatic carbocycles. The lowest BCUT2D eigenvalue weighted by Gasteiger charge is -2.16. The van der Waals surface area contributed by atoms with Crippen molar-refractivity contribution in [1.29, 1.82) is 0 Å². The molecule has 0 saturated heterocycles. The van der Waals surface area contributed by atoms with Gasteiger partial charge in [-0.15, -0.1) is 11.3 Å². The normalized spacial score (nSPS) is 12.4. The predicted octanol–water partition coefficient (Wildman–Crippen LogP) is 4.49. The molecule has 2 aromatic rings. The molecule has 1 aromatic carbocycles. The number of aromatic nitrogens is 1. The van der Waals surface area contributed by atoms with Crippen molar-refractivity contribution in [1.82, 2.24) is 10.3 Å². The van der Waals surface area contributed by atoms with Crippen LogP contribution in [0.4, 0.5) is 5.13 Å². The molecule has 0 spiro atoms. The number of hydrogen-bond acceptors (Lipinski definition) is 4. The van der Waals surface area contributed by atoms with Crippen molar-refractivity contribution in [2.24, 2.45) is 0 Å². The Hall–Kier alpha value is -1.10. The van der Waals surface area contributed by atoms with Crippen molar-refractivity contribution >= 4 is 28.1 Å². The highest BCUT2D eigenvalue weighted by atomic mass is 35.5. The van der Waals surface area contributed by atoms with Gasteiger partial charge in [0.1, 0.15) is 0 Å². The molecule has 1 aromatic heterocycles. The van der Waals surface area contributed by atoms with Crippen molar-refractivity contribution in [2.45, 2.75) is 32.9 Å². The molecule has 2 rings (SSSR count). The van der Waals surface area contributed by atoms with Gasteiger partial charge in [-0.25, -0.2) is 4.98 Å². The monoisotopic (exact) mass is 323 g/mol. The molecular weight excluding hydrogens is 302 g/mol. The summed E-state index contributed by atoms with van der Waals surface area (Å²) in [6, 6.07) is 8.32. The van der Waals surface area contributed by atoms with Gasteiger partial charge in [0, 0.05) is 35.7 Å². The molecule has 5 heteroatoms. The van der Waals surface area contributed by atoms with Gasteiger partial charge in [-0.3, -0.25) is 0 Å². The Balaban J connectivity index is 1.98. The maximum Gasteiger partial charge on any atom is 0.185 e. The summed E-state index contributed by atoms with van der Waals surface area (Å²) < 4.78 is 0. The average molecular weight is 324 g/mol. The van der Waals surface area contributed by atoms with E-state index in [1.807, 2.05) is 18.3 Å². The van der Waals surface area contributed by atoms with Crippen LogP contribution < -0.4 is 10.2 Å². The fraction of sp³-hybridized carbons (Fsp3) is 0.438. The molecule has 0 radical (unpaired) electrons. The average Bonchev–Trinajstić information content (AvgIpc) is 2.97. The highest BCUT2D eigenvalue weighted by Crippen LogP contribution is 2.27. The van der Waals surface area contributed by atoms with Crippen molar-refractivity contribution in [3.05, 3.63) is 45.9 Å². The number of halogens is 1. The van der Waals surface area contributed by atoms with E-state index in [0.29, 0.717) is 6.04 Å². The predicted molar refractivity (Wildman–Crippen MR) is 92.4 cm³/mol. The van der Waals surface area contributed by atoms with Crippen LogP contribution in [-0.4, -0.2) is 18.6 Å². The van der Waals surface area contributed by atoms with Gasteiger partial charge in [-0.2, -0.15) is 0 Å². The molecule has 21 heavy (non-hydrogen) atoms. The van der Waals surface area contributed by atoms with Crippen LogP contribution in [0.25, 0.3) is 0 Å². The van der Waals surface area contributed by atoms with E-state index in [4.69, 9.17) is 11.6 Å². The van der Waals surface area contributed by atoms with Crippen LogP contribution >= 0.6 is 22.9 Å². The number of hydrogen-bond donors (Lipinski definition) is 1. The summed E-state index contributed by atoms with van der Waals surface area (Å²) in [5.74, 6) is 0. The van der Waals surface area contributed by atoms with E-state index >= 15 is 0 Å². The number of nitrogens with zero attached hydrogens (tertiary/aromatic N) is 2. The maximum absolute atomic E-state index is 5.91. The smallest absolute Gasteiger partial charge is 0.185 e. The molecule has 0 aliphatic rings. The third-order valence-corrected chi connectivity index (χ3v) is 4.84. The standard InChI is InChI=1S/C16H22ClN3S/c1-4-9-18-12(2)15-10-19-16(21-15)20(3)11-13-5-7-14(17)8-6-13/h5-8,10,12,18H,4,9,11H2,1-3H3. The zero-order valence-electron chi connectivity index (χ0n) is 12.8. The Morgan fingerprint density at radius 2 is 2.05 bits per heavy atom. The molecule has 0 fully saturated rings. The van der Waals surface area contributed by atoms with Gasteiger partial charge >= 0.3 is 0 Å². The van der Waals surface area contributed by atoms with Crippen LogP contribution in [0.1, 0.15) is 36.8 Å². The van der Waals surface area contributed by atoms with Gasteiger partial charge < -0.3 is 10.2 Å². The second-order valence-electron chi connectivity index (χ2n) is 5.20. The third kappa shape index (κ3) is 4.70. The van der Waals surface area contributed by atoms with Gasteiger partial charge in [0.25, 0.3) is 0 Å². The van der Waals surface area contributed by atoms with Gasteiger partial charge in [-0.1, -0.05) is 30.7 Å². The van der Waals surface area contributed by atoms with E-state index in [2.05, 4.69) is 48.2 Å². The van der Waals surface area contributed by atoms with Crippen LogP contribution in [-0.2, 0) is 6.54 Å². The lowest BCUT2D eigenvalue weighted by molar-refractivity contribution is 0.577.